The third-order valence-corrected chi connectivity index (χ3v) is 5.38. The number of fused-ring (bicyclic) bond motifs is 3. The van der Waals surface area contributed by atoms with Crippen LogP contribution in [0.5, 0.6) is 0 Å². The van der Waals surface area contributed by atoms with Gasteiger partial charge in [0.15, 0.2) is 0 Å². The first-order valence-electron chi connectivity index (χ1n) is 7.28. The van der Waals surface area contributed by atoms with Crippen LogP contribution in [0.25, 0.3) is 0 Å². The van der Waals surface area contributed by atoms with Crippen molar-refractivity contribution < 1.29 is 0 Å². The highest BCUT2D eigenvalue weighted by atomic mass is 14.4. The van der Waals surface area contributed by atoms with Crippen molar-refractivity contribution in [1.29, 1.82) is 0 Å². The Hall–Kier alpha value is 0. The lowest BCUT2D eigenvalue weighted by Crippen LogP contribution is -2.23. The van der Waals surface area contributed by atoms with E-state index in [4.69, 9.17) is 0 Å². The molecule has 15 heavy (non-hydrogen) atoms. The SMILES string of the molecule is [CH]1CCC2CCCC3CCCCCC3C12. The molecule has 3 fully saturated rings. The summed E-state index contributed by atoms with van der Waals surface area (Å²) in [6.45, 7) is 0. The van der Waals surface area contributed by atoms with E-state index in [1.165, 1.54) is 38.5 Å². The molecule has 0 saturated heterocycles. The highest BCUT2D eigenvalue weighted by Gasteiger charge is 2.39. The molecule has 3 rings (SSSR count). The molecule has 0 amide bonds. The molecule has 0 aromatic rings. The third kappa shape index (κ3) is 1.97. The second-order valence-corrected chi connectivity index (χ2v) is 6.14. The van der Waals surface area contributed by atoms with Crippen LogP contribution in [0.1, 0.15) is 64.2 Å². The summed E-state index contributed by atoms with van der Waals surface area (Å²) in [6, 6.07) is 0. The zero-order chi connectivity index (χ0) is 10.1. The minimum Gasteiger partial charge on any atom is -0.0533 e. The summed E-state index contributed by atoms with van der Waals surface area (Å²) >= 11 is 0. The molecule has 0 N–H and O–H groups in total. The zero-order valence-corrected chi connectivity index (χ0v) is 9.96. The Bertz CT molecular complexity index is 208. The molecule has 3 aliphatic rings. The Kier molecular flexibility index (Phi) is 3.03. The molecule has 3 aliphatic carbocycles. The summed E-state index contributed by atoms with van der Waals surface area (Å²) in [5.74, 6) is 4.34. The summed E-state index contributed by atoms with van der Waals surface area (Å²) in [4.78, 5) is 0. The van der Waals surface area contributed by atoms with Crippen LogP contribution in [0.4, 0.5) is 0 Å². The molecule has 1 radical (unpaired) electrons. The summed E-state index contributed by atoms with van der Waals surface area (Å²) in [5.41, 5.74) is 0. The Balaban J connectivity index is 1.78. The van der Waals surface area contributed by atoms with E-state index in [9.17, 15) is 0 Å². The molecule has 0 aliphatic heterocycles. The smallest absolute Gasteiger partial charge is 0.0324 e. The van der Waals surface area contributed by atoms with Crippen LogP contribution in [-0.4, -0.2) is 0 Å². The standard InChI is InChI=1S/C15H25/c1-2-6-12-7-4-8-13-9-5-11-15(13)14(12)10-3-1/h11-15H,1-10H2. The van der Waals surface area contributed by atoms with Crippen molar-refractivity contribution in [2.24, 2.45) is 23.7 Å². The van der Waals surface area contributed by atoms with E-state index in [0.29, 0.717) is 0 Å². The molecule has 4 atom stereocenters. The van der Waals surface area contributed by atoms with Crippen molar-refractivity contribution in [3.05, 3.63) is 6.42 Å². The topological polar surface area (TPSA) is 0 Å². The number of hydrogen-bond donors (Lipinski definition) is 0. The van der Waals surface area contributed by atoms with Crippen molar-refractivity contribution in [2.75, 3.05) is 0 Å². The predicted molar refractivity (Wildman–Crippen MR) is 64.4 cm³/mol. The van der Waals surface area contributed by atoms with Crippen molar-refractivity contribution in [2.45, 2.75) is 64.2 Å². The molecular formula is C15H25. The Labute approximate surface area is 94.8 Å². The van der Waals surface area contributed by atoms with Crippen molar-refractivity contribution in [3.63, 3.8) is 0 Å². The van der Waals surface area contributed by atoms with E-state index < -0.39 is 0 Å². The van der Waals surface area contributed by atoms with Crippen molar-refractivity contribution in [1.82, 2.24) is 0 Å². The molecule has 0 bridgehead atoms. The lowest BCUT2D eigenvalue weighted by molar-refractivity contribution is 0.214. The van der Waals surface area contributed by atoms with Crippen LogP contribution in [-0.2, 0) is 0 Å². The summed E-state index contributed by atoms with van der Waals surface area (Å²) in [7, 11) is 0. The minimum absolute atomic E-state index is 1.04. The Morgan fingerprint density at radius 3 is 2.47 bits per heavy atom. The van der Waals surface area contributed by atoms with Gasteiger partial charge in [0.1, 0.15) is 0 Å². The molecule has 85 valence electrons. The summed E-state index contributed by atoms with van der Waals surface area (Å²) in [5, 5.41) is 0. The molecule has 0 aromatic carbocycles. The van der Waals surface area contributed by atoms with E-state index in [-0.39, 0.29) is 0 Å². The van der Waals surface area contributed by atoms with Gasteiger partial charge in [-0.2, -0.15) is 0 Å². The largest absolute Gasteiger partial charge is 0.0533 e. The molecule has 0 heteroatoms. The average molecular weight is 205 g/mol. The van der Waals surface area contributed by atoms with Crippen LogP contribution in [0.3, 0.4) is 0 Å². The van der Waals surface area contributed by atoms with Gasteiger partial charge in [0.25, 0.3) is 0 Å². The summed E-state index contributed by atoms with van der Waals surface area (Å²) in [6.07, 6.45) is 18.0. The third-order valence-electron chi connectivity index (χ3n) is 5.38. The first-order valence-corrected chi connectivity index (χ1v) is 7.28. The van der Waals surface area contributed by atoms with Crippen LogP contribution in [0.15, 0.2) is 0 Å². The van der Waals surface area contributed by atoms with Gasteiger partial charge in [-0.3, -0.25) is 0 Å². The Morgan fingerprint density at radius 1 is 0.667 bits per heavy atom. The molecular weight excluding hydrogens is 180 g/mol. The quantitative estimate of drug-likeness (QED) is 0.542. The maximum atomic E-state index is 2.71. The van der Waals surface area contributed by atoms with E-state index in [1.807, 2.05) is 0 Å². The predicted octanol–water partition coefficient (Wildman–Crippen LogP) is 4.60. The first kappa shape index (κ1) is 10.2. The lowest BCUT2D eigenvalue weighted by Gasteiger charge is -2.30. The van der Waals surface area contributed by atoms with Crippen LogP contribution in [0.2, 0.25) is 0 Å². The van der Waals surface area contributed by atoms with Gasteiger partial charge >= 0.3 is 0 Å². The van der Waals surface area contributed by atoms with Crippen molar-refractivity contribution in [3.8, 4) is 0 Å². The van der Waals surface area contributed by atoms with Crippen LogP contribution < -0.4 is 0 Å². The van der Waals surface area contributed by atoms with E-state index >= 15 is 0 Å². The fourth-order valence-corrected chi connectivity index (χ4v) is 4.67. The zero-order valence-electron chi connectivity index (χ0n) is 9.96. The van der Waals surface area contributed by atoms with Gasteiger partial charge < -0.3 is 0 Å². The van der Waals surface area contributed by atoms with Gasteiger partial charge in [-0.25, -0.2) is 0 Å². The fourth-order valence-electron chi connectivity index (χ4n) is 4.67. The molecule has 4 unspecified atom stereocenters. The molecule has 0 spiro atoms. The van der Waals surface area contributed by atoms with Gasteiger partial charge in [0.05, 0.1) is 0 Å². The monoisotopic (exact) mass is 205 g/mol. The molecule has 0 heterocycles. The maximum Gasteiger partial charge on any atom is -0.0324 e. The summed E-state index contributed by atoms with van der Waals surface area (Å²) < 4.78 is 0. The van der Waals surface area contributed by atoms with E-state index in [0.717, 1.165) is 23.7 Å². The van der Waals surface area contributed by atoms with E-state index in [2.05, 4.69) is 6.42 Å². The first-order chi connectivity index (χ1) is 7.45. The number of hydrogen-bond acceptors (Lipinski definition) is 0. The van der Waals surface area contributed by atoms with Crippen LogP contribution >= 0.6 is 0 Å². The highest BCUT2D eigenvalue weighted by molar-refractivity contribution is 4.98. The lowest BCUT2D eigenvalue weighted by atomic mass is 9.75. The van der Waals surface area contributed by atoms with Gasteiger partial charge in [-0.05, 0) is 49.4 Å². The minimum atomic E-state index is 1.04. The highest BCUT2D eigenvalue weighted by Crippen LogP contribution is 2.49. The van der Waals surface area contributed by atoms with Gasteiger partial charge in [0, 0.05) is 0 Å². The van der Waals surface area contributed by atoms with Gasteiger partial charge in [0.2, 0.25) is 0 Å². The normalized spacial score (nSPS) is 46.4. The maximum absolute atomic E-state index is 2.71. The van der Waals surface area contributed by atoms with Crippen LogP contribution in [0, 0.1) is 30.1 Å². The second-order valence-electron chi connectivity index (χ2n) is 6.14. The van der Waals surface area contributed by atoms with E-state index in [1.54, 1.807) is 25.7 Å². The average Bonchev–Trinajstić information content (AvgIpc) is 2.49. The van der Waals surface area contributed by atoms with Gasteiger partial charge in [-0.15, -0.1) is 0 Å². The molecule has 0 aromatic heterocycles. The molecule has 0 nitrogen and oxygen atoms in total. The Morgan fingerprint density at radius 2 is 1.47 bits per heavy atom. The van der Waals surface area contributed by atoms with Gasteiger partial charge in [-0.1, -0.05) is 44.9 Å². The molecule has 3 saturated carbocycles. The number of rotatable bonds is 0. The second kappa shape index (κ2) is 4.47. The fraction of sp³-hybridized carbons (Fsp3) is 0.933. The van der Waals surface area contributed by atoms with Crippen molar-refractivity contribution >= 4 is 0 Å².